The minimum absolute atomic E-state index is 0.247. The molecule has 1 aromatic heterocycles. The van der Waals surface area contributed by atoms with Gasteiger partial charge < -0.3 is 5.11 Å². The summed E-state index contributed by atoms with van der Waals surface area (Å²) in [6, 6.07) is 11.7. The van der Waals surface area contributed by atoms with Gasteiger partial charge in [0.05, 0.1) is 18.2 Å². The van der Waals surface area contributed by atoms with Crippen LogP contribution in [0.5, 0.6) is 0 Å². The Morgan fingerprint density at radius 3 is 2.26 bits per heavy atom. The second-order valence-electron chi connectivity index (χ2n) is 4.17. The highest BCUT2D eigenvalue weighted by molar-refractivity contribution is 5.59. The summed E-state index contributed by atoms with van der Waals surface area (Å²) in [6.07, 6.45) is -5.51. The first-order valence-electron chi connectivity index (χ1n) is 5.72. The zero-order valence-corrected chi connectivity index (χ0v) is 9.93. The first-order chi connectivity index (χ1) is 8.96. The zero-order valence-electron chi connectivity index (χ0n) is 9.93. The molecule has 1 N–H and O–H groups in total. The number of alkyl halides is 3. The molecule has 0 amide bonds. The Bertz CT molecular complexity index is 523. The van der Waals surface area contributed by atoms with Gasteiger partial charge in [0.1, 0.15) is 0 Å². The predicted molar refractivity (Wildman–Crippen MR) is 65.3 cm³/mol. The third-order valence-corrected chi connectivity index (χ3v) is 2.68. The molecule has 0 radical (unpaired) electrons. The summed E-state index contributed by atoms with van der Waals surface area (Å²) >= 11 is 0. The monoisotopic (exact) mass is 267 g/mol. The van der Waals surface area contributed by atoms with E-state index in [1.165, 1.54) is 12.1 Å². The van der Waals surface area contributed by atoms with Crippen LogP contribution >= 0.6 is 0 Å². The maximum Gasteiger partial charge on any atom is 0.391 e. The molecule has 0 aliphatic rings. The van der Waals surface area contributed by atoms with Crippen molar-refractivity contribution >= 4 is 0 Å². The smallest absolute Gasteiger partial charge is 0.388 e. The zero-order chi connectivity index (χ0) is 13.9. The Labute approximate surface area is 108 Å². The molecule has 0 saturated carbocycles. The quantitative estimate of drug-likeness (QED) is 0.919. The first-order valence-corrected chi connectivity index (χ1v) is 5.72. The molecule has 0 fully saturated rings. The van der Waals surface area contributed by atoms with Crippen LogP contribution in [0.4, 0.5) is 13.2 Å². The van der Waals surface area contributed by atoms with E-state index in [1.54, 1.807) is 30.5 Å². The van der Waals surface area contributed by atoms with Crippen molar-refractivity contribution in [2.75, 3.05) is 0 Å². The van der Waals surface area contributed by atoms with E-state index in [-0.39, 0.29) is 5.56 Å². The fraction of sp³-hybridized carbons (Fsp3) is 0.214. The molecular weight excluding hydrogens is 255 g/mol. The van der Waals surface area contributed by atoms with Crippen molar-refractivity contribution in [1.29, 1.82) is 0 Å². The number of benzene rings is 1. The Balaban J connectivity index is 2.15. The summed E-state index contributed by atoms with van der Waals surface area (Å²) in [6.45, 7) is 0. The number of hydrogen-bond donors (Lipinski definition) is 1. The number of aromatic nitrogens is 1. The van der Waals surface area contributed by atoms with Gasteiger partial charge >= 0.3 is 6.18 Å². The molecule has 5 heteroatoms. The number of aliphatic hydroxyl groups is 1. The normalized spacial score (nSPS) is 13.3. The van der Waals surface area contributed by atoms with Gasteiger partial charge in [-0.1, -0.05) is 30.3 Å². The van der Waals surface area contributed by atoms with Crippen LogP contribution < -0.4 is 0 Å². The van der Waals surface area contributed by atoms with E-state index in [2.05, 4.69) is 4.98 Å². The fourth-order valence-electron chi connectivity index (χ4n) is 1.75. The second kappa shape index (κ2) is 5.40. The third-order valence-electron chi connectivity index (χ3n) is 2.68. The van der Waals surface area contributed by atoms with Gasteiger partial charge in [0.15, 0.2) is 0 Å². The van der Waals surface area contributed by atoms with E-state index in [1.807, 2.05) is 6.07 Å². The van der Waals surface area contributed by atoms with Gasteiger partial charge in [-0.25, -0.2) is 0 Å². The number of nitrogens with zero attached hydrogens (tertiary/aromatic N) is 1. The van der Waals surface area contributed by atoms with Crippen LogP contribution in [0.15, 0.2) is 48.7 Å². The number of pyridine rings is 1. The van der Waals surface area contributed by atoms with E-state index in [4.69, 9.17) is 0 Å². The van der Waals surface area contributed by atoms with Crippen LogP contribution in [0.3, 0.4) is 0 Å². The van der Waals surface area contributed by atoms with Crippen molar-refractivity contribution in [3.63, 3.8) is 0 Å². The lowest BCUT2D eigenvalue weighted by atomic mass is 10.0. The lowest BCUT2D eigenvalue weighted by Gasteiger charge is -2.13. The molecule has 0 spiro atoms. The first kappa shape index (κ1) is 13.5. The van der Waals surface area contributed by atoms with Crippen molar-refractivity contribution in [2.45, 2.75) is 18.7 Å². The largest absolute Gasteiger partial charge is 0.391 e. The van der Waals surface area contributed by atoms with E-state index < -0.39 is 18.7 Å². The lowest BCUT2D eigenvalue weighted by molar-refractivity contribution is -0.154. The maximum absolute atomic E-state index is 12.2. The Hall–Kier alpha value is -1.88. The van der Waals surface area contributed by atoms with Crippen LogP contribution in [-0.4, -0.2) is 16.3 Å². The molecule has 0 aliphatic heterocycles. The minimum Gasteiger partial charge on any atom is -0.388 e. The van der Waals surface area contributed by atoms with Crippen molar-refractivity contribution in [2.24, 2.45) is 0 Å². The molecule has 0 saturated heterocycles. The topological polar surface area (TPSA) is 33.1 Å². The molecule has 1 aromatic carbocycles. The molecule has 0 bridgehead atoms. The fourth-order valence-corrected chi connectivity index (χ4v) is 1.75. The van der Waals surface area contributed by atoms with Gasteiger partial charge in [-0.3, -0.25) is 4.98 Å². The molecule has 0 aliphatic carbocycles. The number of hydrogen-bond acceptors (Lipinski definition) is 2. The lowest BCUT2D eigenvalue weighted by Crippen LogP contribution is -2.13. The summed E-state index contributed by atoms with van der Waals surface area (Å²) in [7, 11) is 0. The summed E-state index contributed by atoms with van der Waals surface area (Å²) in [5, 5.41) is 9.48. The standard InChI is InChI=1S/C14H12F3NO/c15-14(16,17)9-13(19)11-6-4-10(5-7-11)12-3-1-2-8-18-12/h1-8,13,19H,9H2. The average Bonchev–Trinajstić information content (AvgIpc) is 2.38. The van der Waals surface area contributed by atoms with Crippen LogP contribution in [0, 0.1) is 0 Å². The van der Waals surface area contributed by atoms with Crippen LogP contribution in [0.2, 0.25) is 0 Å². The average molecular weight is 267 g/mol. The van der Waals surface area contributed by atoms with Crippen molar-refractivity contribution in [3.8, 4) is 11.3 Å². The van der Waals surface area contributed by atoms with Crippen molar-refractivity contribution in [3.05, 3.63) is 54.2 Å². The van der Waals surface area contributed by atoms with Crippen LogP contribution in [-0.2, 0) is 0 Å². The van der Waals surface area contributed by atoms with Crippen LogP contribution in [0.25, 0.3) is 11.3 Å². The molecular formula is C14H12F3NO. The minimum atomic E-state index is -4.38. The Kier molecular flexibility index (Phi) is 3.85. The highest BCUT2D eigenvalue weighted by Gasteiger charge is 2.31. The molecule has 2 rings (SSSR count). The van der Waals surface area contributed by atoms with Gasteiger partial charge in [-0.15, -0.1) is 0 Å². The van der Waals surface area contributed by atoms with Crippen molar-refractivity contribution < 1.29 is 18.3 Å². The van der Waals surface area contributed by atoms with Crippen molar-refractivity contribution in [1.82, 2.24) is 4.98 Å². The molecule has 1 atom stereocenters. The Morgan fingerprint density at radius 2 is 1.74 bits per heavy atom. The SMILES string of the molecule is OC(CC(F)(F)F)c1ccc(-c2ccccn2)cc1. The number of aliphatic hydroxyl groups excluding tert-OH is 1. The maximum atomic E-state index is 12.2. The molecule has 1 unspecified atom stereocenters. The molecule has 19 heavy (non-hydrogen) atoms. The van der Waals surface area contributed by atoms with Gasteiger partial charge in [-0.2, -0.15) is 13.2 Å². The second-order valence-corrected chi connectivity index (χ2v) is 4.17. The van der Waals surface area contributed by atoms with E-state index >= 15 is 0 Å². The third kappa shape index (κ3) is 3.79. The summed E-state index contributed by atoms with van der Waals surface area (Å²) < 4.78 is 36.5. The highest BCUT2D eigenvalue weighted by Crippen LogP contribution is 2.30. The van der Waals surface area contributed by atoms with E-state index in [0.29, 0.717) is 0 Å². The predicted octanol–water partition coefficient (Wildman–Crippen LogP) is 3.73. The highest BCUT2D eigenvalue weighted by atomic mass is 19.4. The number of rotatable bonds is 3. The summed E-state index contributed by atoms with van der Waals surface area (Å²) in [5.41, 5.74) is 1.78. The van der Waals surface area contributed by atoms with Gasteiger partial charge in [0.2, 0.25) is 0 Å². The van der Waals surface area contributed by atoms with E-state index in [0.717, 1.165) is 11.3 Å². The molecule has 100 valence electrons. The Morgan fingerprint density at radius 1 is 1.05 bits per heavy atom. The van der Waals surface area contributed by atoms with Gasteiger partial charge in [0.25, 0.3) is 0 Å². The number of halogens is 3. The molecule has 1 heterocycles. The molecule has 2 aromatic rings. The van der Waals surface area contributed by atoms with Crippen LogP contribution in [0.1, 0.15) is 18.1 Å². The van der Waals surface area contributed by atoms with Gasteiger partial charge in [-0.05, 0) is 17.7 Å². The molecule has 2 nitrogen and oxygen atoms in total. The van der Waals surface area contributed by atoms with E-state index in [9.17, 15) is 18.3 Å². The summed E-state index contributed by atoms with van der Waals surface area (Å²) in [5.74, 6) is 0. The summed E-state index contributed by atoms with van der Waals surface area (Å²) in [4.78, 5) is 4.14. The van der Waals surface area contributed by atoms with Gasteiger partial charge in [0, 0.05) is 11.8 Å².